The van der Waals surface area contributed by atoms with Gasteiger partial charge in [-0.2, -0.15) is 5.26 Å². The summed E-state index contributed by atoms with van der Waals surface area (Å²) >= 11 is 8.75. The molecule has 0 bridgehead atoms. The number of nitrogens with zero attached hydrogens (tertiary/aromatic N) is 1. The number of carbonyl (C=O) groups excluding carboxylic acids is 1. The molecule has 68 valence electrons. The quantitative estimate of drug-likeness (QED) is 0.831. The van der Waals surface area contributed by atoms with Crippen molar-refractivity contribution < 1.29 is 9.53 Å². The van der Waals surface area contributed by atoms with Crippen molar-refractivity contribution >= 4 is 33.5 Å². The van der Waals surface area contributed by atoms with Gasteiger partial charge >= 0.3 is 5.97 Å². The van der Waals surface area contributed by atoms with Crippen LogP contribution in [0, 0.1) is 11.3 Å². The van der Waals surface area contributed by atoms with Crippen LogP contribution in [0.4, 0.5) is 0 Å². The van der Waals surface area contributed by atoms with Crippen molar-refractivity contribution in [3.63, 3.8) is 0 Å². The van der Waals surface area contributed by atoms with Crippen LogP contribution in [0.3, 0.4) is 0 Å². The zero-order valence-electron chi connectivity index (χ0n) is 6.30. The van der Waals surface area contributed by atoms with Gasteiger partial charge in [-0.3, -0.25) is 0 Å². The van der Waals surface area contributed by atoms with Gasteiger partial charge < -0.3 is 9.72 Å². The summed E-state index contributed by atoms with van der Waals surface area (Å²) in [6.07, 6.45) is 0. The lowest BCUT2D eigenvalue weighted by atomic mass is 10.4. The summed E-state index contributed by atoms with van der Waals surface area (Å²) < 4.78 is 5.12. The third kappa shape index (κ3) is 2.47. The van der Waals surface area contributed by atoms with E-state index in [1.54, 1.807) is 6.07 Å². The Labute approximate surface area is 87.6 Å². The van der Waals surface area contributed by atoms with E-state index in [-0.39, 0.29) is 12.3 Å². The van der Waals surface area contributed by atoms with E-state index in [0.717, 1.165) is 0 Å². The number of hydrogen-bond donors (Lipinski definition) is 1. The number of H-pyrrole nitrogens is 1. The second kappa shape index (κ2) is 4.30. The van der Waals surface area contributed by atoms with Gasteiger partial charge in [0.1, 0.15) is 16.9 Å². The largest absolute Gasteiger partial charge is 0.446 e. The van der Waals surface area contributed by atoms with Gasteiger partial charge in [-0.15, -0.1) is 0 Å². The van der Waals surface area contributed by atoms with Crippen molar-refractivity contribution in [1.82, 2.24) is 4.98 Å². The first kappa shape index (κ1) is 10.1. The highest BCUT2D eigenvalue weighted by Crippen LogP contribution is 2.22. The Morgan fingerprint density at radius 3 is 3.00 bits per heavy atom. The van der Waals surface area contributed by atoms with Crippen LogP contribution in [0.25, 0.3) is 0 Å². The van der Waals surface area contributed by atoms with E-state index < -0.39 is 5.97 Å². The number of nitrogens with one attached hydrogen (secondary N) is 1. The number of rotatable bonds is 2. The Morgan fingerprint density at radius 1 is 1.85 bits per heavy atom. The Balaban J connectivity index is 2.73. The number of aromatic amines is 1. The van der Waals surface area contributed by atoms with Gasteiger partial charge in [0.2, 0.25) is 0 Å². The SMILES string of the molecule is N#CCOC(=O)c1cc(Br)c(Cl)[nH]1. The Bertz CT molecular complexity index is 350. The molecule has 6 heteroatoms. The van der Waals surface area contributed by atoms with Crippen molar-refractivity contribution in [3.05, 3.63) is 21.4 Å². The second-order valence-corrected chi connectivity index (χ2v) is 3.31. The fraction of sp³-hybridized carbons (Fsp3) is 0.143. The van der Waals surface area contributed by atoms with Gasteiger partial charge in [0, 0.05) is 0 Å². The summed E-state index contributed by atoms with van der Waals surface area (Å²) in [4.78, 5) is 13.7. The first-order valence-corrected chi connectivity index (χ1v) is 4.40. The highest BCUT2D eigenvalue weighted by atomic mass is 79.9. The molecule has 0 saturated carbocycles. The highest BCUT2D eigenvalue weighted by molar-refractivity contribution is 9.10. The molecule has 1 rings (SSSR count). The molecule has 0 unspecified atom stereocenters. The summed E-state index contributed by atoms with van der Waals surface area (Å²) in [7, 11) is 0. The van der Waals surface area contributed by atoms with E-state index in [4.69, 9.17) is 16.9 Å². The molecule has 0 radical (unpaired) electrons. The van der Waals surface area contributed by atoms with Crippen molar-refractivity contribution in [1.29, 1.82) is 5.26 Å². The summed E-state index contributed by atoms with van der Waals surface area (Å²) in [6.45, 7) is -0.271. The molecule has 1 aromatic heterocycles. The Hall–Kier alpha value is -0.990. The van der Waals surface area contributed by atoms with Gasteiger partial charge in [0.25, 0.3) is 0 Å². The molecule has 0 atom stereocenters. The first-order valence-electron chi connectivity index (χ1n) is 3.23. The van der Waals surface area contributed by atoms with Crippen LogP contribution < -0.4 is 0 Å². The third-order valence-electron chi connectivity index (χ3n) is 1.21. The van der Waals surface area contributed by atoms with Gasteiger partial charge in [-0.05, 0) is 22.0 Å². The summed E-state index contributed by atoms with van der Waals surface area (Å²) in [5, 5.41) is 8.47. The van der Waals surface area contributed by atoms with Gasteiger partial charge in [-0.25, -0.2) is 4.79 Å². The molecule has 13 heavy (non-hydrogen) atoms. The molecule has 1 N–H and O–H groups in total. The number of aromatic nitrogens is 1. The maximum absolute atomic E-state index is 11.1. The number of nitriles is 1. The normalized spacial score (nSPS) is 9.31. The lowest BCUT2D eigenvalue weighted by Gasteiger charge is -1.95. The minimum atomic E-state index is -0.603. The Morgan fingerprint density at radius 2 is 2.54 bits per heavy atom. The maximum atomic E-state index is 11.1. The van der Waals surface area contributed by atoms with E-state index in [1.165, 1.54) is 6.07 Å². The van der Waals surface area contributed by atoms with Crippen LogP contribution in [-0.2, 0) is 4.74 Å². The van der Waals surface area contributed by atoms with Gasteiger partial charge in [0.15, 0.2) is 6.61 Å². The number of hydrogen-bond acceptors (Lipinski definition) is 3. The molecule has 0 aliphatic carbocycles. The van der Waals surface area contributed by atoms with E-state index >= 15 is 0 Å². The molecule has 0 fully saturated rings. The van der Waals surface area contributed by atoms with E-state index in [2.05, 4.69) is 25.7 Å². The van der Waals surface area contributed by atoms with E-state index in [9.17, 15) is 4.79 Å². The zero-order valence-corrected chi connectivity index (χ0v) is 8.65. The van der Waals surface area contributed by atoms with Gasteiger partial charge in [-0.1, -0.05) is 11.6 Å². The predicted octanol–water partition coefficient (Wildman–Crippen LogP) is 2.11. The minimum Gasteiger partial charge on any atom is -0.446 e. The third-order valence-corrected chi connectivity index (χ3v) is 2.36. The molecule has 0 saturated heterocycles. The van der Waals surface area contributed by atoms with Crippen LogP contribution in [0.2, 0.25) is 5.15 Å². The van der Waals surface area contributed by atoms with Crippen LogP contribution >= 0.6 is 27.5 Å². The van der Waals surface area contributed by atoms with Crippen molar-refractivity contribution in [2.45, 2.75) is 0 Å². The molecular weight excluding hydrogens is 259 g/mol. The molecule has 1 heterocycles. The minimum absolute atomic E-state index is 0.215. The maximum Gasteiger partial charge on any atom is 0.355 e. The molecule has 1 aromatic rings. The van der Waals surface area contributed by atoms with Crippen LogP contribution in [0.15, 0.2) is 10.5 Å². The topological polar surface area (TPSA) is 65.9 Å². The molecule has 0 aliphatic heterocycles. The van der Waals surface area contributed by atoms with E-state index in [0.29, 0.717) is 9.63 Å². The second-order valence-electron chi connectivity index (χ2n) is 2.08. The van der Waals surface area contributed by atoms with Crippen molar-refractivity contribution in [2.24, 2.45) is 0 Å². The zero-order chi connectivity index (χ0) is 9.84. The monoisotopic (exact) mass is 262 g/mol. The smallest absolute Gasteiger partial charge is 0.355 e. The van der Waals surface area contributed by atoms with Crippen molar-refractivity contribution in [3.8, 4) is 6.07 Å². The Kier molecular flexibility index (Phi) is 3.34. The van der Waals surface area contributed by atoms with Crippen LogP contribution in [0.5, 0.6) is 0 Å². The summed E-state index contributed by atoms with van der Waals surface area (Å²) in [5.41, 5.74) is 0.215. The predicted molar refractivity (Wildman–Crippen MR) is 49.4 cm³/mol. The van der Waals surface area contributed by atoms with E-state index in [1.807, 2.05) is 0 Å². The lowest BCUT2D eigenvalue weighted by Crippen LogP contribution is -2.05. The standard InChI is InChI=1S/C7H4BrClN2O2/c8-4-3-5(11-6(4)9)7(12)13-2-1-10/h3,11H,2H2. The summed E-state index contributed by atoms with van der Waals surface area (Å²) in [6, 6.07) is 3.18. The summed E-state index contributed by atoms with van der Waals surface area (Å²) in [5.74, 6) is -0.603. The molecule has 0 amide bonds. The number of halogens is 2. The fourth-order valence-corrected chi connectivity index (χ4v) is 1.17. The van der Waals surface area contributed by atoms with Crippen LogP contribution in [-0.4, -0.2) is 17.6 Å². The van der Waals surface area contributed by atoms with Crippen molar-refractivity contribution in [2.75, 3.05) is 6.61 Å². The molecule has 0 spiro atoms. The fourth-order valence-electron chi connectivity index (χ4n) is 0.690. The average Bonchev–Trinajstić information content (AvgIpc) is 2.43. The highest BCUT2D eigenvalue weighted by Gasteiger charge is 2.11. The van der Waals surface area contributed by atoms with Gasteiger partial charge in [0.05, 0.1) is 4.47 Å². The first-order chi connectivity index (χ1) is 6.15. The lowest BCUT2D eigenvalue weighted by molar-refractivity contribution is 0.0549. The number of ether oxygens (including phenoxy) is 1. The molecule has 0 aliphatic rings. The van der Waals surface area contributed by atoms with Crippen LogP contribution in [0.1, 0.15) is 10.5 Å². The molecule has 0 aromatic carbocycles. The average molecular weight is 263 g/mol. The number of carbonyl (C=O) groups is 1. The molecular formula is C7H4BrClN2O2. The molecule has 4 nitrogen and oxygen atoms in total. The number of esters is 1.